The Labute approximate surface area is 86.8 Å². The van der Waals surface area contributed by atoms with Gasteiger partial charge in [0.2, 0.25) is 5.76 Å². The van der Waals surface area contributed by atoms with E-state index in [4.69, 9.17) is 14.9 Å². The smallest absolute Gasteiger partial charge is 0.204 e. The van der Waals surface area contributed by atoms with Gasteiger partial charge in [-0.05, 0) is 36.4 Å². The van der Waals surface area contributed by atoms with Gasteiger partial charge >= 0.3 is 0 Å². The zero-order chi connectivity index (χ0) is 10.7. The van der Waals surface area contributed by atoms with Crippen molar-refractivity contribution in [3.8, 4) is 23.5 Å². The fraction of sp³-hybridized carbons (Fsp3) is 0. The fourth-order valence-corrected chi connectivity index (χ4v) is 1.26. The molecule has 0 bridgehead atoms. The summed E-state index contributed by atoms with van der Waals surface area (Å²) in [7, 11) is 0. The molecule has 0 N–H and O–H groups in total. The van der Waals surface area contributed by atoms with Gasteiger partial charge in [0, 0.05) is 5.56 Å². The van der Waals surface area contributed by atoms with Crippen molar-refractivity contribution in [2.45, 2.75) is 0 Å². The van der Waals surface area contributed by atoms with Crippen LogP contribution in [0.3, 0.4) is 0 Å². The first-order chi connectivity index (χ1) is 7.33. The van der Waals surface area contributed by atoms with Crippen LogP contribution in [0.2, 0.25) is 0 Å². The van der Waals surface area contributed by atoms with Crippen molar-refractivity contribution in [3.63, 3.8) is 0 Å². The zero-order valence-electron chi connectivity index (χ0n) is 7.77. The van der Waals surface area contributed by atoms with Gasteiger partial charge in [-0.25, -0.2) is 0 Å². The molecular formula is C12H6N2O. The molecule has 0 amide bonds. The average Bonchev–Trinajstić information content (AvgIpc) is 2.78. The molecule has 0 radical (unpaired) electrons. The third-order valence-electron chi connectivity index (χ3n) is 2.01. The molecule has 0 saturated carbocycles. The number of hydrogen-bond donors (Lipinski definition) is 0. The summed E-state index contributed by atoms with van der Waals surface area (Å²) in [5.41, 5.74) is 1.46. The van der Waals surface area contributed by atoms with Crippen LogP contribution in [-0.2, 0) is 0 Å². The minimum Gasteiger partial charge on any atom is -0.446 e. The van der Waals surface area contributed by atoms with Crippen LogP contribution in [-0.4, -0.2) is 0 Å². The topological polar surface area (TPSA) is 60.7 Å². The summed E-state index contributed by atoms with van der Waals surface area (Å²) >= 11 is 0. The lowest BCUT2D eigenvalue weighted by Gasteiger charge is -1.95. The SMILES string of the molecule is N#Cc1ccc(-c2ccc(C#N)o2)cc1. The molecule has 3 heteroatoms. The first kappa shape index (κ1) is 9.05. The van der Waals surface area contributed by atoms with E-state index < -0.39 is 0 Å². The van der Waals surface area contributed by atoms with E-state index in [9.17, 15) is 0 Å². The summed E-state index contributed by atoms with van der Waals surface area (Å²) in [6.07, 6.45) is 0. The summed E-state index contributed by atoms with van der Waals surface area (Å²) in [4.78, 5) is 0. The van der Waals surface area contributed by atoms with E-state index in [1.165, 1.54) is 0 Å². The lowest BCUT2D eigenvalue weighted by Crippen LogP contribution is -1.75. The molecule has 2 aromatic rings. The molecule has 0 unspecified atom stereocenters. The Morgan fingerprint density at radius 3 is 2.13 bits per heavy atom. The molecule has 1 heterocycles. The van der Waals surface area contributed by atoms with E-state index in [0.717, 1.165) is 5.56 Å². The monoisotopic (exact) mass is 194 g/mol. The van der Waals surface area contributed by atoms with E-state index in [1.807, 2.05) is 12.1 Å². The number of rotatable bonds is 1. The minimum atomic E-state index is 0.286. The Morgan fingerprint density at radius 2 is 1.60 bits per heavy atom. The third-order valence-corrected chi connectivity index (χ3v) is 2.01. The van der Waals surface area contributed by atoms with Crippen molar-refractivity contribution in [2.24, 2.45) is 0 Å². The molecular weight excluding hydrogens is 188 g/mol. The largest absolute Gasteiger partial charge is 0.446 e. The second-order valence-electron chi connectivity index (χ2n) is 2.96. The second-order valence-corrected chi connectivity index (χ2v) is 2.96. The average molecular weight is 194 g/mol. The molecule has 70 valence electrons. The molecule has 2 rings (SSSR count). The van der Waals surface area contributed by atoms with Gasteiger partial charge in [0.05, 0.1) is 11.6 Å². The molecule has 1 aromatic heterocycles. The Morgan fingerprint density at radius 1 is 0.867 bits per heavy atom. The molecule has 1 aromatic carbocycles. The summed E-state index contributed by atoms with van der Waals surface area (Å²) in [5.74, 6) is 0.922. The first-order valence-corrected chi connectivity index (χ1v) is 4.34. The molecule has 15 heavy (non-hydrogen) atoms. The Balaban J connectivity index is 2.39. The molecule has 0 aliphatic carbocycles. The maximum absolute atomic E-state index is 8.62. The third kappa shape index (κ3) is 1.72. The molecule has 0 spiro atoms. The van der Waals surface area contributed by atoms with E-state index in [-0.39, 0.29) is 5.76 Å². The standard InChI is InChI=1S/C12H6N2O/c13-7-9-1-3-10(4-2-9)12-6-5-11(8-14)15-12/h1-6H. The van der Waals surface area contributed by atoms with E-state index in [2.05, 4.69) is 0 Å². The Kier molecular flexibility index (Phi) is 2.23. The van der Waals surface area contributed by atoms with Crippen LogP contribution in [0.15, 0.2) is 40.8 Å². The molecule has 0 fully saturated rings. The highest BCUT2D eigenvalue weighted by molar-refractivity contribution is 5.59. The van der Waals surface area contributed by atoms with Crippen LogP contribution >= 0.6 is 0 Å². The quantitative estimate of drug-likeness (QED) is 0.701. The van der Waals surface area contributed by atoms with Crippen LogP contribution in [0.1, 0.15) is 11.3 Å². The molecule has 3 nitrogen and oxygen atoms in total. The van der Waals surface area contributed by atoms with Gasteiger partial charge in [0.25, 0.3) is 0 Å². The van der Waals surface area contributed by atoms with E-state index >= 15 is 0 Å². The van der Waals surface area contributed by atoms with Crippen molar-refractivity contribution in [3.05, 3.63) is 47.7 Å². The van der Waals surface area contributed by atoms with Gasteiger partial charge in [-0.2, -0.15) is 10.5 Å². The van der Waals surface area contributed by atoms with Crippen LogP contribution in [0.5, 0.6) is 0 Å². The highest BCUT2D eigenvalue weighted by atomic mass is 16.3. The van der Waals surface area contributed by atoms with E-state index in [1.54, 1.807) is 36.4 Å². The summed E-state index contributed by atoms with van der Waals surface area (Å²) in [6.45, 7) is 0. The van der Waals surface area contributed by atoms with Crippen LogP contribution in [0, 0.1) is 22.7 Å². The number of furan rings is 1. The van der Waals surface area contributed by atoms with Crippen molar-refractivity contribution in [2.75, 3.05) is 0 Å². The molecule has 0 atom stereocenters. The lowest BCUT2D eigenvalue weighted by atomic mass is 10.1. The molecule has 0 aliphatic heterocycles. The normalized spacial score (nSPS) is 9.20. The summed E-state index contributed by atoms with van der Waals surface area (Å²) in [6, 6.07) is 14.3. The Hall–Kier alpha value is -2.52. The van der Waals surface area contributed by atoms with Crippen molar-refractivity contribution in [1.82, 2.24) is 0 Å². The first-order valence-electron chi connectivity index (χ1n) is 4.34. The van der Waals surface area contributed by atoms with E-state index in [0.29, 0.717) is 11.3 Å². The highest BCUT2D eigenvalue weighted by Crippen LogP contribution is 2.21. The predicted molar refractivity (Wildman–Crippen MR) is 53.6 cm³/mol. The number of hydrogen-bond acceptors (Lipinski definition) is 3. The predicted octanol–water partition coefficient (Wildman–Crippen LogP) is 2.69. The number of nitrogens with zero attached hydrogens (tertiary/aromatic N) is 2. The maximum Gasteiger partial charge on any atom is 0.204 e. The van der Waals surface area contributed by atoms with Crippen molar-refractivity contribution in [1.29, 1.82) is 10.5 Å². The van der Waals surface area contributed by atoms with Gasteiger partial charge < -0.3 is 4.42 Å². The zero-order valence-corrected chi connectivity index (χ0v) is 7.77. The molecule has 0 aliphatic rings. The lowest BCUT2D eigenvalue weighted by molar-refractivity contribution is 0.567. The molecule has 0 saturated heterocycles. The van der Waals surface area contributed by atoms with Crippen LogP contribution < -0.4 is 0 Å². The van der Waals surface area contributed by atoms with Gasteiger partial charge in [-0.15, -0.1) is 0 Å². The van der Waals surface area contributed by atoms with Gasteiger partial charge in [-0.3, -0.25) is 0 Å². The number of benzene rings is 1. The summed E-state index contributed by atoms with van der Waals surface area (Å²) in [5, 5.41) is 17.2. The highest BCUT2D eigenvalue weighted by Gasteiger charge is 2.03. The fourth-order valence-electron chi connectivity index (χ4n) is 1.26. The van der Waals surface area contributed by atoms with Gasteiger partial charge in [0.1, 0.15) is 11.8 Å². The second kappa shape index (κ2) is 3.69. The number of nitriles is 2. The van der Waals surface area contributed by atoms with Gasteiger partial charge in [-0.1, -0.05) is 0 Å². The summed E-state index contributed by atoms with van der Waals surface area (Å²) < 4.78 is 5.25. The van der Waals surface area contributed by atoms with Crippen LogP contribution in [0.4, 0.5) is 0 Å². The maximum atomic E-state index is 8.62. The van der Waals surface area contributed by atoms with Crippen LogP contribution in [0.25, 0.3) is 11.3 Å². The van der Waals surface area contributed by atoms with Gasteiger partial charge in [0.15, 0.2) is 0 Å². The van der Waals surface area contributed by atoms with Crippen molar-refractivity contribution >= 4 is 0 Å². The Bertz CT molecular complexity index is 553. The minimum absolute atomic E-state index is 0.286. The van der Waals surface area contributed by atoms with Crippen molar-refractivity contribution < 1.29 is 4.42 Å².